The fraction of sp³-hybridized carbons (Fsp3) is 0.462. The van der Waals surface area contributed by atoms with Gasteiger partial charge in [0, 0.05) is 23.2 Å². The van der Waals surface area contributed by atoms with Gasteiger partial charge in [-0.05, 0) is 46.5 Å². The van der Waals surface area contributed by atoms with E-state index < -0.39 is 0 Å². The van der Waals surface area contributed by atoms with Crippen LogP contribution in [0.4, 0.5) is 5.69 Å². The number of piperidine rings is 1. The lowest BCUT2D eigenvalue weighted by Gasteiger charge is -2.34. The molecular formula is C13H17BrN2O2. The fourth-order valence-electron chi connectivity index (χ4n) is 2.19. The van der Waals surface area contributed by atoms with E-state index in [1.54, 1.807) is 23.1 Å². The van der Waals surface area contributed by atoms with Crippen LogP contribution in [-0.2, 0) is 0 Å². The third-order valence-electron chi connectivity index (χ3n) is 3.37. The van der Waals surface area contributed by atoms with Crippen molar-refractivity contribution in [1.29, 1.82) is 0 Å². The Kier molecular flexibility index (Phi) is 3.92. The van der Waals surface area contributed by atoms with E-state index in [-0.39, 0.29) is 17.9 Å². The van der Waals surface area contributed by atoms with E-state index in [4.69, 9.17) is 5.73 Å². The summed E-state index contributed by atoms with van der Waals surface area (Å²) in [5, 5.41) is 9.68. The van der Waals surface area contributed by atoms with Gasteiger partial charge in [0.05, 0.1) is 11.7 Å². The zero-order chi connectivity index (χ0) is 13.3. The maximum Gasteiger partial charge on any atom is 0.255 e. The molecule has 1 amide bonds. The molecule has 5 heteroatoms. The molecule has 1 aromatic rings. The van der Waals surface area contributed by atoms with E-state index in [2.05, 4.69) is 15.9 Å². The van der Waals surface area contributed by atoms with Gasteiger partial charge in [-0.1, -0.05) is 6.92 Å². The first kappa shape index (κ1) is 13.4. The molecule has 4 nitrogen and oxygen atoms in total. The zero-order valence-corrected chi connectivity index (χ0v) is 11.9. The molecule has 1 heterocycles. The normalized spacial score (nSPS) is 24.1. The van der Waals surface area contributed by atoms with Crippen molar-refractivity contribution in [3.63, 3.8) is 0 Å². The molecule has 0 aromatic heterocycles. The summed E-state index contributed by atoms with van der Waals surface area (Å²) in [7, 11) is 0. The number of likely N-dealkylation sites (tertiary alicyclic amines) is 1. The molecular weight excluding hydrogens is 296 g/mol. The highest BCUT2D eigenvalue weighted by Crippen LogP contribution is 2.24. The van der Waals surface area contributed by atoms with Crippen LogP contribution < -0.4 is 5.73 Å². The number of anilines is 1. The number of halogens is 1. The summed E-state index contributed by atoms with van der Waals surface area (Å²) in [6.45, 7) is 3.13. The van der Waals surface area contributed by atoms with Crippen molar-refractivity contribution in [3.8, 4) is 0 Å². The Hall–Kier alpha value is -1.07. The van der Waals surface area contributed by atoms with Gasteiger partial charge in [0.1, 0.15) is 0 Å². The lowest BCUT2D eigenvalue weighted by atomic mass is 9.96. The van der Waals surface area contributed by atoms with Crippen LogP contribution in [0, 0.1) is 5.92 Å². The van der Waals surface area contributed by atoms with Crippen LogP contribution in [-0.4, -0.2) is 35.1 Å². The van der Waals surface area contributed by atoms with Gasteiger partial charge in [-0.2, -0.15) is 0 Å². The maximum atomic E-state index is 12.4. The minimum atomic E-state index is -0.307. The Morgan fingerprint density at radius 3 is 2.94 bits per heavy atom. The van der Waals surface area contributed by atoms with E-state index in [0.29, 0.717) is 30.8 Å². The van der Waals surface area contributed by atoms with Gasteiger partial charge >= 0.3 is 0 Å². The standard InChI is InChI=1S/C13H17BrN2O2/c1-8-7-16(5-4-12(8)17)13(18)10-6-9(15)2-3-11(10)14/h2-3,6,8,12,17H,4-5,7,15H2,1H3. The first-order valence-corrected chi connectivity index (χ1v) is 6.80. The number of nitrogen functional groups attached to an aromatic ring is 1. The van der Waals surface area contributed by atoms with E-state index in [0.717, 1.165) is 4.47 Å². The van der Waals surface area contributed by atoms with Crippen molar-refractivity contribution in [2.45, 2.75) is 19.4 Å². The molecule has 98 valence electrons. The largest absolute Gasteiger partial charge is 0.399 e. The predicted molar refractivity (Wildman–Crippen MR) is 74.2 cm³/mol. The number of nitrogens with zero attached hydrogens (tertiary/aromatic N) is 1. The first-order valence-electron chi connectivity index (χ1n) is 6.01. The van der Waals surface area contributed by atoms with E-state index in [9.17, 15) is 9.90 Å². The van der Waals surface area contributed by atoms with Crippen LogP contribution in [0.1, 0.15) is 23.7 Å². The number of hydrogen-bond donors (Lipinski definition) is 2. The molecule has 1 aliphatic heterocycles. The highest BCUT2D eigenvalue weighted by molar-refractivity contribution is 9.10. The maximum absolute atomic E-state index is 12.4. The Bertz CT molecular complexity index is 464. The van der Waals surface area contributed by atoms with Gasteiger partial charge in [0.2, 0.25) is 0 Å². The van der Waals surface area contributed by atoms with Crippen molar-refractivity contribution in [2.24, 2.45) is 5.92 Å². The Morgan fingerprint density at radius 2 is 2.28 bits per heavy atom. The van der Waals surface area contributed by atoms with Gasteiger partial charge in [0.15, 0.2) is 0 Å². The molecule has 1 aliphatic rings. The van der Waals surface area contributed by atoms with Crippen molar-refractivity contribution in [2.75, 3.05) is 18.8 Å². The molecule has 0 saturated carbocycles. The van der Waals surface area contributed by atoms with Crippen molar-refractivity contribution in [1.82, 2.24) is 4.90 Å². The molecule has 1 fully saturated rings. The zero-order valence-electron chi connectivity index (χ0n) is 10.3. The van der Waals surface area contributed by atoms with Gasteiger partial charge in [-0.15, -0.1) is 0 Å². The molecule has 2 atom stereocenters. The molecule has 3 N–H and O–H groups in total. The second kappa shape index (κ2) is 5.28. The van der Waals surface area contributed by atoms with Crippen LogP contribution >= 0.6 is 15.9 Å². The smallest absolute Gasteiger partial charge is 0.255 e. The monoisotopic (exact) mass is 312 g/mol. The molecule has 18 heavy (non-hydrogen) atoms. The predicted octanol–water partition coefficient (Wildman–Crippen LogP) is 1.87. The average Bonchev–Trinajstić information content (AvgIpc) is 2.35. The summed E-state index contributed by atoms with van der Waals surface area (Å²) < 4.78 is 0.750. The first-order chi connectivity index (χ1) is 8.49. The van der Waals surface area contributed by atoms with E-state index >= 15 is 0 Å². The summed E-state index contributed by atoms with van der Waals surface area (Å²) in [6, 6.07) is 5.22. The number of rotatable bonds is 1. The molecule has 2 unspecified atom stereocenters. The van der Waals surface area contributed by atoms with Gasteiger partial charge in [-0.3, -0.25) is 4.79 Å². The molecule has 1 aromatic carbocycles. The van der Waals surface area contributed by atoms with Crippen LogP contribution in [0.2, 0.25) is 0 Å². The summed E-state index contributed by atoms with van der Waals surface area (Å²) in [6.07, 6.45) is 0.325. The fourth-order valence-corrected chi connectivity index (χ4v) is 2.61. The third kappa shape index (κ3) is 2.67. The highest BCUT2D eigenvalue weighted by atomic mass is 79.9. The van der Waals surface area contributed by atoms with Crippen molar-refractivity contribution >= 4 is 27.5 Å². The number of aliphatic hydroxyl groups excluding tert-OH is 1. The molecule has 0 aliphatic carbocycles. The second-order valence-electron chi connectivity index (χ2n) is 4.82. The van der Waals surface area contributed by atoms with Gasteiger partial charge < -0.3 is 15.7 Å². The van der Waals surface area contributed by atoms with Crippen LogP contribution in [0.25, 0.3) is 0 Å². The lowest BCUT2D eigenvalue weighted by Crippen LogP contribution is -2.45. The Morgan fingerprint density at radius 1 is 1.56 bits per heavy atom. The summed E-state index contributed by atoms with van der Waals surface area (Å²) in [4.78, 5) is 14.2. The molecule has 0 bridgehead atoms. The third-order valence-corrected chi connectivity index (χ3v) is 4.06. The average molecular weight is 313 g/mol. The summed E-state index contributed by atoms with van der Waals surface area (Å²) in [5.74, 6) is 0.0791. The second-order valence-corrected chi connectivity index (χ2v) is 5.68. The number of amides is 1. The SMILES string of the molecule is CC1CN(C(=O)c2cc(N)ccc2Br)CCC1O. The van der Waals surface area contributed by atoms with E-state index in [1.165, 1.54) is 0 Å². The number of aliphatic hydroxyl groups is 1. The van der Waals surface area contributed by atoms with Gasteiger partial charge in [-0.25, -0.2) is 0 Å². The lowest BCUT2D eigenvalue weighted by molar-refractivity contribution is 0.0297. The highest BCUT2D eigenvalue weighted by Gasteiger charge is 2.28. The number of carbonyl (C=O) groups excluding carboxylic acids is 1. The molecule has 0 radical (unpaired) electrons. The molecule has 1 saturated heterocycles. The summed E-state index contributed by atoms with van der Waals surface area (Å²) in [5.41, 5.74) is 6.87. The number of hydrogen-bond acceptors (Lipinski definition) is 3. The molecule has 2 rings (SSSR count). The Balaban J connectivity index is 2.19. The molecule has 0 spiro atoms. The summed E-state index contributed by atoms with van der Waals surface area (Å²) >= 11 is 3.37. The number of benzene rings is 1. The van der Waals surface area contributed by atoms with Crippen LogP contribution in [0.15, 0.2) is 22.7 Å². The van der Waals surface area contributed by atoms with Crippen LogP contribution in [0.3, 0.4) is 0 Å². The minimum absolute atomic E-state index is 0.0343. The van der Waals surface area contributed by atoms with Gasteiger partial charge in [0.25, 0.3) is 5.91 Å². The number of nitrogens with two attached hydrogens (primary N) is 1. The van der Waals surface area contributed by atoms with E-state index in [1.807, 2.05) is 6.92 Å². The number of carbonyl (C=O) groups is 1. The Labute approximate surface area is 115 Å². The topological polar surface area (TPSA) is 66.6 Å². The van der Waals surface area contributed by atoms with Crippen LogP contribution in [0.5, 0.6) is 0 Å². The minimum Gasteiger partial charge on any atom is -0.399 e. The van der Waals surface area contributed by atoms with Crippen molar-refractivity contribution in [3.05, 3.63) is 28.2 Å². The quantitative estimate of drug-likeness (QED) is 0.778. The van der Waals surface area contributed by atoms with Crippen molar-refractivity contribution < 1.29 is 9.90 Å².